The Labute approximate surface area is 108 Å². The Morgan fingerprint density at radius 1 is 1.28 bits per heavy atom. The Balaban J connectivity index is 2.27. The lowest BCUT2D eigenvalue weighted by Crippen LogP contribution is -2.14. The minimum atomic E-state index is 0.725. The van der Waals surface area contributed by atoms with Crippen LogP contribution in [0.1, 0.15) is 11.3 Å². The number of aromatic nitrogens is 2. The van der Waals surface area contributed by atoms with Gasteiger partial charge in [-0.2, -0.15) is 0 Å². The molecule has 94 valence electrons. The average Bonchev–Trinajstić information content (AvgIpc) is 2.39. The fourth-order valence-electron chi connectivity index (χ4n) is 1.79. The maximum Gasteiger partial charge on any atom is 0.151 e. The second kappa shape index (κ2) is 5.60. The summed E-state index contributed by atoms with van der Waals surface area (Å²) in [6.45, 7) is 2.81. The van der Waals surface area contributed by atoms with Crippen LogP contribution in [-0.2, 0) is 6.54 Å². The molecule has 0 atom stereocenters. The molecule has 18 heavy (non-hydrogen) atoms. The van der Waals surface area contributed by atoms with Crippen LogP contribution in [-0.4, -0.2) is 24.1 Å². The molecule has 2 aromatic rings. The molecule has 0 saturated heterocycles. The summed E-state index contributed by atoms with van der Waals surface area (Å²) in [5.41, 5.74) is 3.29. The van der Waals surface area contributed by atoms with Crippen LogP contribution in [0.4, 0.5) is 11.5 Å². The van der Waals surface area contributed by atoms with Crippen molar-refractivity contribution in [2.24, 2.45) is 0 Å². The van der Waals surface area contributed by atoms with E-state index >= 15 is 0 Å². The minimum absolute atomic E-state index is 0.725. The quantitative estimate of drug-likeness (QED) is 0.893. The zero-order valence-electron chi connectivity index (χ0n) is 11.0. The number of nitrogens with one attached hydrogen (secondary N) is 1. The van der Waals surface area contributed by atoms with Gasteiger partial charge in [-0.25, -0.2) is 4.98 Å². The number of nitrogens with zero attached hydrogens (tertiary/aromatic N) is 3. The molecule has 1 N–H and O–H groups in total. The van der Waals surface area contributed by atoms with E-state index in [-0.39, 0.29) is 0 Å². The molecule has 4 nitrogen and oxygen atoms in total. The van der Waals surface area contributed by atoms with E-state index in [0.29, 0.717) is 0 Å². The van der Waals surface area contributed by atoms with E-state index < -0.39 is 0 Å². The van der Waals surface area contributed by atoms with Gasteiger partial charge in [0.15, 0.2) is 5.82 Å². The third-order valence-electron chi connectivity index (χ3n) is 2.76. The van der Waals surface area contributed by atoms with Crippen molar-refractivity contribution in [3.8, 4) is 0 Å². The van der Waals surface area contributed by atoms with Gasteiger partial charge in [-0.3, -0.25) is 4.98 Å². The lowest BCUT2D eigenvalue weighted by Gasteiger charge is -2.18. The molecule has 0 aliphatic carbocycles. The molecule has 0 fully saturated rings. The van der Waals surface area contributed by atoms with E-state index in [1.54, 1.807) is 12.4 Å². The number of benzene rings is 1. The zero-order chi connectivity index (χ0) is 13.0. The largest absolute Gasteiger partial charge is 0.328 e. The van der Waals surface area contributed by atoms with Gasteiger partial charge in [0.05, 0.1) is 11.9 Å². The molecule has 4 heteroatoms. The SMILES string of the molecule is CNCc1cncc(N(C)c2cccc(C)c2)n1. The Morgan fingerprint density at radius 2 is 2.11 bits per heavy atom. The summed E-state index contributed by atoms with van der Waals surface area (Å²) in [6, 6.07) is 8.33. The first-order valence-electron chi connectivity index (χ1n) is 5.96. The zero-order valence-corrected chi connectivity index (χ0v) is 11.0. The van der Waals surface area contributed by atoms with Crippen molar-refractivity contribution in [1.82, 2.24) is 15.3 Å². The van der Waals surface area contributed by atoms with Crippen LogP contribution < -0.4 is 10.2 Å². The number of hydrogen-bond donors (Lipinski definition) is 1. The first-order valence-corrected chi connectivity index (χ1v) is 5.96. The van der Waals surface area contributed by atoms with Crippen LogP contribution >= 0.6 is 0 Å². The Kier molecular flexibility index (Phi) is 3.89. The van der Waals surface area contributed by atoms with E-state index in [2.05, 4.69) is 40.4 Å². The van der Waals surface area contributed by atoms with Gasteiger partial charge in [0.2, 0.25) is 0 Å². The smallest absolute Gasteiger partial charge is 0.151 e. The molecule has 0 unspecified atom stereocenters. The Bertz CT molecular complexity index is 525. The Morgan fingerprint density at radius 3 is 2.83 bits per heavy atom. The number of anilines is 2. The fraction of sp³-hybridized carbons (Fsp3) is 0.286. The van der Waals surface area contributed by atoms with Crippen LogP contribution in [0, 0.1) is 6.92 Å². The second-order valence-electron chi connectivity index (χ2n) is 4.30. The third kappa shape index (κ3) is 2.84. The number of aryl methyl sites for hydroxylation is 1. The van der Waals surface area contributed by atoms with Gasteiger partial charge in [0, 0.05) is 25.5 Å². The molecular formula is C14H18N4. The van der Waals surface area contributed by atoms with Crippen LogP contribution in [0.25, 0.3) is 0 Å². The first-order chi connectivity index (χ1) is 8.70. The predicted octanol–water partition coefficient (Wildman–Crippen LogP) is 2.27. The van der Waals surface area contributed by atoms with E-state index in [1.165, 1.54) is 5.56 Å². The van der Waals surface area contributed by atoms with Crippen molar-refractivity contribution < 1.29 is 0 Å². The van der Waals surface area contributed by atoms with Crippen LogP contribution in [0.3, 0.4) is 0 Å². The summed E-state index contributed by atoms with van der Waals surface area (Å²) in [4.78, 5) is 10.8. The van der Waals surface area contributed by atoms with Crippen LogP contribution in [0.15, 0.2) is 36.7 Å². The van der Waals surface area contributed by atoms with Gasteiger partial charge in [0.1, 0.15) is 0 Å². The standard InChI is InChI=1S/C14H18N4/c1-11-5-4-6-13(7-11)18(3)14-10-16-9-12(17-14)8-15-2/h4-7,9-10,15H,8H2,1-3H3. The normalized spacial score (nSPS) is 10.4. The fourth-order valence-corrected chi connectivity index (χ4v) is 1.79. The van der Waals surface area contributed by atoms with Gasteiger partial charge >= 0.3 is 0 Å². The van der Waals surface area contributed by atoms with E-state index in [4.69, 9.17) is 0 Å². The monoisotopic (exact) mass is 242 g/mol. The highest BCUT2D eigenvalue weighted by Gasteiger charge is 2.06. The molecule has 0 aliphatic rings. The second-order valence-corrected chi connectivity index (χ2v) is 4.30. The Hall–Kier alpha value is -1.94. The average molecular weight is 242 g/mol. The number of rotatable bonds is 4. The van der Waals surface area contributed by atoms with Crippen molar-refractivity contribution in [2.45, 2.75) is 13.5 Å². The highest BCUT2D eigenvalue weighted by Crippen LogP contribution is 2.21. The molecule has 0 aliphatic heterocycles. The lowest BCUT2D eigenvalue weighted by atomic mass is 10.2. The van der Waals surface area contributed by atoms with Crippen LogP contribution in [0.2, 0.25) is 0 Å². The van der Waals surface area contributed by atoms with Gasteiger partial charge in [-0.1, -0.05) is 12.1 Å². The molecule has 0 bridgehead atoms. The summed E-state index contributed by atoms with van der Waals surface area (Å²) >= 11 is 0. The predicted molar refractivity (Wildman–Crippen MR) is 74.0 cm³/mol. The summed E-state index contributed by atoms with van der Waals surface area (Å²) in [5.74, 6) is 0.855. The molecule has 0 amide bonds. The van der Waals surface area contributed by atoms with Crippen molar-refractivity contribution >= 4 is 11.5 Å². The van der Waals surface area contributed by atoms with Crippen molar-refractivity contribution in [3.63, 3.8) is 0 Å². The summed E-state index contributed by atoms with van der Waals surface area (Å²) < 4.78 is 0. The van der Waals surface area contributed by atoms with Gasteiger partial charge in [-0.15, -0.1) is 0 Å². The van der Waals surface area contributed by atoms with E-state index in [1.807, 2.05) is 25.1 Å². The van der Waals surface area contributed by atoms with Crippen molar-refractivity contribution in [2.75, 3.05) is 19.0 Å². The number of hydrogen-bond acceptors (Lipinski definition) is 4. The molecule has 0 spiro atoms. The van der Waals surface area contributed by atoms with Gasteiger partial charge in [-0.05, 0) is 31.7 Å². The molecule has 1 aromatic carbocycles. The molecule has 1 aromatic heterocycles. The first kappa shape index (κ1) is 12.5. The van der Waals surface area contributed by atoms with Crippen molar-refractivity contribution in [1.29, 1.82) is 0 Å². The van der Waals surface area contributed by atoms with Gasteiger partial charge in [0.25, 0.3) is 0 Å². The maximum absolute atomic E-state index is 4.57. The van der Waals surface area contributed by atoms with E-state index in [0.717, 1.165) is 23.7 Å². The van der Waals surface area contributed by atoms with Crippen LogP contribution in [0.5, 0.6) is 0 Å². The molecular weight excluding hydrogens is 224 g/mol. The summed E-state index contributed by atoms with van der Waals surface area (Å²) in [7, 11) is 3.90. The highest BCUT2D eigenvalue weighted by atomic mass is 15.2. The maximum atomic E-state index is 4.57. The van der Waals surface area contributed by atoms with Crippen molar-refractivity contribution in [3.05, 3.63) is 47.9 Å². The molecule has 1 heterocycles. The molecule has 0 radical (unpaired) electrons. The molecule has 0 saturated carbocycles. The minimum Gasteiger partial charge on any atom is -0.328 e. The third-order valence-corrected chi connectivity index (χ3v) is 2.76. The molecule has 2 rings (SSSR count). The lowest BCUT2D eigenvalue weighted by molar-refractivity contribution is 0.783. The highest BCUT2D eigenvalue weighted by molar-refractivity contribution is 5.59. The van der Waals surface area contributed by atoms with Gasteiger partial charge < -0.3 is 10.2 Å². The van der Waals surface area contributed by atoms with E-state index in [9.17, 15) is 0 Å². The summed E-state index contributed by atoms with van der Waals surface area (Å²) in [6.07, 6.45) is 3.56. The topological polar surface area (TPSA) is 41.1 Å². The summed E-state index contributed by atoms with van der Waals surface area (Å²) in [5, 5.41) is 3.08.